The predicted octanol–water partition coefficient (Wildman–Crippen LogP) is 2.26. The highest BCUT2D eigenvalue weighted by Crippen LogP contribution is 2.41. The summed E-state index contributed by atoms with van der Waals surface area (Å²) in [7, 11) is 0. The van der Waals surface area contributed by atoms with Gasteiger partial charge in [-0.1, -0.05) is 36.4 Å². The van der Waals surface area contributed by atoms with Crippen molar-refractivity contribution in [2.45, 2.75) is 38.2 Å². The summed E-state index contributed by atoms with van der Waals surface area (Å²) >= 11 is 0. The number of hydrogen-bond donors (Lipinski definition) is 5. The number of rotatable bonds is 4. The first-order chi connectivity index (χ1) is 20.2. The van der Waals surface area contributed by atoms with Crippen molar-refractivity contribution in [3.63, 3.8) is 0 Å². The van der Waals surface area contributed by atoms with Crippen molar-refractivity contribution in [2.75, 3.05) is 17.7 Å². The van der Waals surface area contributed by atoms with Crippen molar-refractivity contribution in [3.8, 4) is 11.4 Å². The van der Waals surface area contributed by atoms with Crippen LogP contribution in [0.1, 0.15) is 46.6 Å². The number of nitrogens with zero attached hydrogens (tertiary/aromatic N) is 3. The second-order valence-corrected chi connectivity index (χ2v) is 10.6. The first-order valence-electron chi connectivity index (χ1n) is 13.5. The van der Waals surface area contributed by atoms with Gasteiger partial charge in [0.1, 0.15) is 18.2 Å². The predicted molar refractivity (Wildman–Crippen MR) is 154 cm³/mol. The SMILES string of the molecule is CC(=O)Nc1cc2ccc3c(c2cc1-c1nc2c(=O)[nH]c(N)nc2n1[C@H]1C[C@H](O)[C@@H](CO)O1)C(=O)c1ccccc1C3. The van der Waals surface area contributed by atoms with Crippen LogP contribution in [-0.4, -0.2) is 60.2 Å². The molecule has 3 atom stereocenters. The third kappa shape index (κ3) is 3.99. The molecule has 2 aromatic heterocycles. The van der Waals surface area contributed by atoms with Crippen LogP contribution in [0.2, 0.25) is 0 Å². The maximum Gasteiger partial charge on any atom is 0.280 e. The van der Waals surface area contributed by atoms with Crippen molar-refractivity contribution < 1.29 is 24.5 Å². The fraction of sp³-hybridized carbons (Fsp3) is 0.233. The third-order valence-corrected chi connectivity index (χ3v) is 7.91. The van der Waals surface area contributed by atoms with E-state index < -0.39 is 30.6 Å². The Hall–Kier alpha value is -4.91. The van der Waals surface area contributed by atoms with Crippen molar-refractivity contribution in [3.05, 3.63) is 81.1 Å². The molecule has 0 unspecified atom stereocenters. The number of amides is 1. The molecule has 42 heavy (non-hydrogen) atoms. The summed E-state index contributed by atoms with van der Waals surface area (Å²) in [6.07, 6.45) is -2.06. The highest BCUT2D eigenvalue weighted by molar-refractivity contribution is 6.20. The van der Waals surface area contributed by atoms with E-state index in [2.05, 4.69) is 20.3 Å². The van der Waals surface area contributed by atoms with Crippen LogP contribution in [0.4, 0.5) is 11.6 Å². The number of aliphatic hydroxyl groups is 2. The Bertz CT molecular complexity index is 2010. The highest BCUT2D eigenvalue weighted by Gasteiger charge is 2.38. The minimum Gasteiger partial charge on any atom is -0.394 e. The van der Waals surface area contributed by atoms with Gasteiger partial charge >= 0.3 is 0 Å². The number of nitrogen functional groups attached to an aromatic ring is 1. The molecule has 0 bridgehead atoms. The Morgan fingerprint density at radius 2 is 1.95 bits per heavy atom. The Morgan fingerprint density at radius 3 is 2.71 bits per heavy atom. The lowest BCUT2D eigenvalue weighted by atomic mass is 9.82. The molecule has 7 rings (SSSR count). The molecule has 0 spiro atoms. The fourth-order valence-corrected chi connectivity index (χ4v) is 6.05. The number of anilines is 2. The zero-order valence-corrected chi connectivity index (χ0v) is 22.4. The van der Waals surface area contributed by atoms with E-state index in [9.17, 15) is 24.6 Å². The van der Waals surface area contributed by atoms with Crippen molar-refractivity contribution in [2.24, 2.45) is 0 Å². The summed E-state index contributed by atoms with van der Waals surface area (Å²) in [6.45, 7) is 0.956. The summed E-state index contributed by atoms with van der Waals surface area (Å²) < 4.78 is 7.50. The maximum absolute atomic E-state index is 13.8. The molecular weight excluding hydrogens is 540 g/mol. The largest absolute Gasteiger partial charge is 0.394 e. The van der Waals surface area contributed by atoms with Crippen LogP contribution >= 0.6 is 0 Å². The molecule has 12 heteroatoms. The number of carbonyl (C=O) groups excluding carboxylic acids is 2. The molecule has 3 aromatic carbocycles. The number of benzene rings is 3. The molecular formula is C30H26N6O6. The molecule has 6 N–H and O–H groups in total. The van der Waals surface area contributed by atoms with E-state index in [1.807, 2.05) is 36.4 Å². The second-order valence-electron chi connectivity index (χ2n) is 10.6. The van der Waals surface area contributed by atoms with Gasteiger partial charge in [-0.05, 0) is 40.5 Å². The molecule has 0 radical (unpaired) electrons. The van der Waals surface area contributed by atoms with Gasteiger partial charge in [-0.15, -0.1) is 0 Å². The molecule has 1 aliphatic heterocycles. The van der Waals surface area contributed by atoms with Gasteiger partial charge in [0.2, 0.25) is 11.9 Å². The monoisotopic (exact) mass is 566 g/mol. The number of ketones is 1. The average molecular weight is 567 g/mol. The number of aliphatic hydroxyl groups excluding tert-OH is 2. The number of hydrogen-bond acceptors (Lipinski definition) is 9. The van der Waals surface area contributed by atoms with Gasteiger partial charge in [0, 0.05) is 30.0 Å². The van der Waals surface area contributed by atoms with Gasteiger partial charge in [0.25, 0.3) is 5.56 Å². The molecule has 5 aromatic rings. The number of ether oxygens (including phenoxy) is 1. The van der Waals surface area contributed by atoms with Crippen LogP contribution in [-0.2, 0) is 16.0 Å². The molecule has 1 fully saturated rings. The van der Waals surface area contributed by atoms with Gasteiger partial charge in [-0.3, -0.25) is 23.9 Å². The molecule has 0 saturated carbocycles. The van der Waals surface area contributed by atoms with Gasteiger partial charge in [-0.25, -0.2) is 4.98 Å². The van der Waals surface area contributed by atoms with Crippen LogP contribution in [0.5, 0.6) is 0 Å². The van der Waals surface area contributed by atoms with E-state index in [-0.39, 0.29) is 41.0 Å². The first kappa shape index (κ1) is 26.0. The average Bonchev–Trinajstić information content (AvgIpc) is 3.52. The molecule has 3 heterocycles. The van der Waals surface area contributed by atoms with Crippen molar-refractivity contribution in [1.29, 1.82) is 0 Å². The molecule has 12 nitrogen and oxygen atoms in total. The Labute approximate surface area is 237 Å². The minimum atomic E-state index is -0.985. The lowest BCUT2D eigenvalue weighted by Crippen LogP contribution is -2.24. The summed E-state index contributed by atoms with van der Waals surface area (Å²) in [6, 6.07) is 14.9. The molecule has 2 aliphatic rings. The molecule has 212 valence electrons. The van der Waals surface area contributed by atoms with Gasteiger partial charge in [0.15, 0.2) is 16.9 Å². The highest BCUT2D eigenvalue weighted by atomic mass is 16.5. The first-order valence-corrected chi connectivity index (χ1v) is 13.5. The lowest BCUT2D eigenvalue weighted by Gasteiger charge is -2.22. The zero-order valence-electron chi connectivity index (χ0n) is 22.4. The Morgan fingerprint density at radius 1 is 1.14 bits per heavy atom. The number of aromatic nitrogens is 4. The van der Waals surface area contributed by atoms with Crippen LogP contribution < -0.4 is 16.6 Å². The van der Waals surface area contributed by atoms with Crippen LogP contribution in [0.25, 0.3) is 33.3 Å². The number of H-pyrrole nitrogens is 1. The van der Waals surface area contributed by atoms with Gasteiger partial charge in [0.05, 0.1) is 18.4 Å². The second kappa shape index (κ2) is 9.58. The van der Waals surface area contributed by atoms with Crippen LogP contribution in [0.15, 0.2) is 53.3 Å². The lowest BCUT2D eigenvalue weighted by molar-refractivity contribution is -0.114. The standard InChI is InChI=1S/C30H26N6O6/c1-13(38)32-20-9-15-6-7-16-8-14-4-2-3-5-17(14)26(40)24(16)18(15)10-19(20)27-33-25-28(34-30(31)35-29(25)41)36(27)23-11-21(39)22(12-37)42-23/h2-7,9-10,21-23,37,39H,8,11-12H2,1H3,(H,32,38)(H3,31,34,35,41)/t21-,22+,23+/m0/s1. The van der Waals surface area contributed by atoms with E-state index in [4.69, 9.17) is 10.5 Å². The van der Waals surface area contributed by atoms with Crippen molar-refractivity contribution >= 4 is 45.3 Å². The maximum atomic E-state index is 13.8. The van der Waals surface area contributed by atoms with E-state index in [0.717, 1.165) is 16.5 Å². The van der Waals surface area contributed by atoms with E-state index in [1.54, 1.807) is 16.7 Å². The smallest absolute Gasteiger partial charge is 0.280 e. The number of fused-ring (bicyclic) bond motifs is 5. The van der Waals surface area contributed by atoms with E-state index >= 15 is 0 Å². The summed E-state index contributed by atoms with van der Waals surface area (Å²) in [5.74, 6) is -0.384. The quantitative estimate of drug-likeness (QED) is 0.213. The Balaban J connectivity index is 1.52. The topological polar surface area (TPSA) is 185 Å². The number of aromatic amines is 1. The van der Waals surface area contributed by atoms with Crippen LogP contribution in [0, 0.1) is 0 Å². The van der Waals surface area contributed by atoms with Gasteiger partial charge in [-0.2, -0.15) is 4.98 Å². The van der Waals surface area contributed by atoms with Crippen molar-refractivity contribution in [1.82, 2.24) is 19.5 Å². The van der Waals surface area contributed by atoms with Gasteiger partial charge < -0.3 is 26.0 Å². The summed E-state index contributed by atoms with van der Waals surface area (Å²) in [5.41, 5.74) is 9.18. The molecule has 1 aliphatic carbocycles. The summed E-state index contributed by atoms with van der Waals surface area (Å²) in [4.78, 5) is 50.5. The van der Waals surface area contributed by atoms with Crippen LogP contribution in [0.3, 0.4) is 0 Å². The number of imidazole rings is 1. The normalized spacial score (nSPS) is 19.7. The number of nitrogens with one attached hydrogen (secondary N) is 2. The minimum absolute atomic E-state index is 0.0290. The fourth-order valence-electron chi connectivity index (χ4n) is 6.05. The zero-order chi connectivity index (χ0) is 29.3. The molecule has 1 saturated heterocycles. The molecule has 1 amide bonds. The number of carbonyl (C=O) groups is 2. The van der Waals surface area contributed by atoms with E-state index in [0.29, 0.717) is 34.2 Å². The Kier molecular flexibility index (Phi) is 5.94. The summed E-state index contributed by atoms with van der Waals surface area (Å²) in [5, 5.41) is 24.5. The number of nitrogens with two attached hydrogens (primary N) is 1. The van der Waals surface area contributed by atoms with E-state index in [1.165, 1.54) is 6.92 Å². The third-order valence-electron chi connectivity index (χ3n) is 7.91.